The van der Waals surface area contributed by atoms with Gasteiger partial charge in [0.15, 0.2) is 9.84 Å². The van der Waals surface area contributed by atoms with E-state index in [0.717, 1.165) is 11.3 Å². The average molecular weight is 283 g/mol. The highest BCUT2D eigenvalue weighted by Gasteiger charge is 2.05. The second kappa shape index (κ2) is 5.55. The van der Waals surface area contributed by atoms with E-state index in [1.165, 1.54) is 17.8 Å². The van der Waals surface area contributed by atoms with E-state index in [4.69, 9.17) is 0 Å². The summed E-state index contributed by atoms with van der Waals surface area (Å²) in [6.07, 6.45) is 1.20. The maximum atomic E-state index is 11.3. The van der Waals surface area contributed by atoms with Crippen LogP contribution in [0, 0.1) is 0 Å². The van der Waals surface area contributed by atoms with Crippen LogP contribution in [0.4, 0.5) is 0 Å². The molecule has 1 N–H and O–H groups in total. The van der Waals surface area contributed by atoms with Gasteiger partial charge in [-0.15, -0.1) is 5.10 Å². The normalized spacial score (nSPS) is 11.6. The van der Waals surface area contributed by atoms with Gasteiger partial charge in [-0.25, -0.2) is 8.42 Å². The van der Waals surface area contributed by atoms with Gasteiger partial charge in [0, 0.05) is 24.7 Å². The molecule has 2 aromatic rings. The molecule has 0 spiro atoms. The van der Waals surface area contributed by atoms with Gasteiger partial charge in [0.2, 0.25) is 0 Å². The van der Waals surface area contributed by atoms with Gasteiger partial charge in [-0.1, -0.05) is 16.6 Å². The van der Waals surface area contributed by atoms with Crippen molar-refractivity contribution in [2.24, 2.45) is 0 Å². The minimum absolute atomic E-state index is 0.343. The number of hydrogen-bond acceptors (Lipinski definition) is 6. The van der Waals surface area contributed by atoms with Crippen LogP contribution in [0.25, 0.3) is 0 Å². The quantitative estimate of drug-likeness (QED) is 0.893. The third kappa shape index (κ3) is 3.59. The first kappa shape index (κ1) is 13.1. The Morgan fingerprint density at radius 2 is 1.94 bits per heavy atom. The summed E-state index contributed by atoms with van der Waals surface area (Å²) in [5.41, 5.74) is 1.94. The Morgan fingerprint density at radius 3 is 2.50 bits per heavy atom. The van der Waals surface area contributed by atoms with Crippen LogP contribution in [-0.4, -0.2) is 24.3 Å². The standard InChI is InChI=1S/C11H13N3O2S2/c1-18(15,16)11-4-2-9(3-5-11)6-12-7-10-8-17-14-13-10/h2-5,8,12H,6-7H2,1H3. The molecule has 0 aliphatic heterocycles. The van der Waals surface area contributed by atoms with Crippen molar-refractivity contribution in [2.75, 3.05) is 6.26 Å². The number of benzene rings is 1. The minimum Gasteiger partial charge on any atom is -0.307 e. The van der Waals surface area contributed by atoms with Crippen LogP contribution in [0.1, 0.15) is 11.3 Å². The van der Waals surface area contributed by atoms with Crippen LogP contribution in [0.15, 0.2) is 34.5 Å². The molecule has 96 valence electrons. The fourth-order valence-electron chi connectivity index (χ4n) is 1.45. The SMILES string of the molecule is CS(=O)(=O)c1ccc(CNCc2csnn2)cc1. The fraction of sp³-hybridized carbons (Fsp3) is 0.273. The molecule has 0 amide bonds. The van der Waals surface area contributed by atoms with Crippen LogP contribution in [0.2, 0.25) is 0 Å². The lowest BCUT2D eigenvalue weighted by Crippen LogP contribution is -2.13. The molecule has 18 heavy (non-hydrogen) atoms. The van der Waals surface area contributed by atoms with Crippen molar-refractivity contribution < 1.29 is 8.42 Å². The smallest absolute Gasteiger partial charge is 0.175 e. The van der Waals surface area contributed by atoms with E-state index in [1.807, 2.05) is 17.5 Å². The summed E-state index contributed by atoms with van der Waals surface area (Å²) in [6.45, 7) is 1.33. The molecule has 2 rings (SSSR count). The van der Waals surface area contributed by atoms with Gasteiger partial charge in [-0.2, -0.15) is 0 Å². The summed E-state index contributed by atoms with van der Waals surface area (Å²) in [5, 5.41) is 9.03. The zero-order valence-electron chi connectivity index (χ0n) is 9.83. The molecular formula is C11H13N3O2S2. The highest BCUT2D eigenvalue weighted by Crippen LogP contribution is 2.10. The molecule has 0 radical (unpaired) electrons. The van der Waals surface area contributed by atoms with Crippen molar-refractivity contribution in [3.8, 4) is 0 Å². The van der Waals surface area contributed by atoms with E-state index in [1.54, 1.807) is 12.1 Å². The lowest BCUT2D eigenvalue weighted by atomic mass is 10.2. The number of rotatable bonds is 5. The Labute approximate surface area is 110 Å². The van der Waals surface area contributed by atoms with Crippen LogP contribution in [0.5, 0.6) is 0 Å². The number of hydrogen-bond donors (Lipinski definition) is 1. The first-order valence-corrected chi connectivity index (χ1v) is 8.04. The summed E-state index contributed by atoms with van der Waals surface area (Å²) < 4.78 is 26.3. The van der Waals surface area contributed by atoms with E-state index in [-0.39, 0.29) is 0 Å². The zero-order valence-corrected chi connectivity index (χ0v) is 11.5. The number of nitrogens with zero attached hydrogens (tertiary/aromatic N) is 2. The largest absolute Gasteiger partial charge is 0.307 e. The van der Waals surface area contributed by atoms with Crippen molar-refractivity contribution in [2.45, 2.75) is 18.0 Å². The van der Waals surface area contributed by atoms with Gasteiger partial charge < -0.3 is 5.32 Å². The predicted molar refractivity (Wildman–Crippen MR) is 70.0 cm³/mol. The lowest BCUT2D eigenvalue weighted by Gasteiger charge is -2.04. The van der Waals surface area contributed by atoms with Crippen LogP contribution in [0.3, 0.4) is 0 Å². The molecule has 7 heteroatoms. The molecule has 1 aromatic heterocycles. The van der Waals surface area contributed by atoms with Crippen molar-refractivity contribution in [3.05, 3.63) is 40.9 Å². The van der Waals surface area contributed by atoms with Crippen LogP contribution in [-0.2, 0) is 22.9 Å². The van der Waals surface area contributed by atoms with Crippen LogP contribution < -0.4 is 5.32 Å². The Morgan fingerprint density at radius 1 is 1.22 bits per heavy atom. The first-order chi connectivity index (χ1) is 8.55. The number of nitrogens with one attached hydrogen (secondary N) is 1. The monoisotopic (exact) mass is 283 g/mol. The Bertz CT molecular complexity index is 592. The molecule has 0 saturated carbocycles. The van der Waals surface area contributed by atoms with E-state index < -0.39 is 9.84 Å². The van der Waals surface area contributed by atoms with Gasteiger partial charge in [0.05, 0.1) is 10.6 Å². The molecule has 0 aliphatic carbocycles. The molecule has 0 unspecified atom stereocenters. The van der Waals surface area contributed by atoms with Crippen molar-refractivity contribution >= 4 is 21.4 Å². The molecule has 0 bridgehead atoms. The van der Waals surface area contributed by atoms with Crippen molar-refractivity contribution in [3.63, 3.8) is 0 Å². The van der Waals surface area contributed by atoms with E-state index in [2.05, 4.69) is 14.9 Å². The van der Waals surface area contributed by atoms with E-state index in [9.17, 15) is 8.42 Å². The fourth-order valence-corrected chi connectivity index (χ4v) is 2.53. The molecule has 5 nitrogen and oxygen atoms in total. The number of aromatic nitrogens is 2. The summed E-state index contributed by atoms with van der Waals surface area (Å²) >= 11 is 1.32. The molecule has 0 fully saturated rings. The van der Waals surface area contributed by atoms with E-state index >= 15 is 0 Å². The van der Waals surface area contributed by atoms with Crippen LogP contribution >= 0.6 is 11.5 Å². The minimum atomic E-state index is -3.11. The maximum absolute atomic E-state index is 11.3. The van der Waals surface area contributed by atoms with Gasteiger partial charge in [0.25, 0.3) is 0 Å². The van der Waals surface area contributed by atoms with Gasteiger partial charge in [0.1, 0.15) is 0 Å². The zero-order chi connectivity index (χ0) is 13.0. The average Bonchev–Trinajstić information content (AvgIpc) is 2.82. The lowest BCUT2D eigenvalue weighted by molar-refractivity contribution is 0.601. The topological polar surface area (TPSA) is 72.0 Å². The molecule has 1 aromatic carbocycles. The third-order valence-electron chi connectivity index (χ3n) is 2.39. The Balaban J connectivity index is 1.91. The Hall–Kier alpha value is -1.31. The second-order valence-electron chi connectivity index (χ2n) is 3.92. The Kier molecular flexibility index (Phi) is 4.05. The first-order valence-electron chi connectivity index (χ1n) is 5.31. The highest BCUT2D eigenvalue weighted by molar-refractivity contribution is 7.90. The maximum Gasteiger partial charge on any atom is 0.175 e. The molecule has 1 heterocycles. The van der Waals surface area contributed by atoms with Gasteiger partial charge in [-0.05, 0) is 29.2 Å². The molecular weight excluding hydrogens is 270 g/mol. The van der Waals surface area contributed by atoms with E-state index in [0.29, 0.717) is 18.0 Å². The molecule has 0 aliphatic rings. The number of sulfone groups is 1. The van der Waals surface area contributed by atoms with Crippen molar-refractivity contribution in [1.29, 1.82) is 0 Å². The predicted octanol–water partition coefficient (Wildman–Crippen LogP) is 1.23. The molecule has 0 saturated heterocycles. The van der Waals surface area contributed by atoms with Crippen molar-refractivity contribution in [1.82, 2.24) is 14.9 Å². The van der Waals surface area contributed by atoms with Gasteiger partial charge in [-0.3, -0.25) is 0 Å². The third-order valence-corrected chi connectivity index (χ3v) is 4.07. The molecule has 0 atom stereocenters. The highest BCUT2D eigenvalue weighted by atomic mass is 32.2. The summed E-state index contributed by atoms with van der Waals surface area (Å²) in [5.74, 6) is 0. The van der Waals surface area contributed by atoms with Gasteiger partial charge >= 0.3 is 0 Å². The summed E-state index contributed by atoms with van der Waals surface area (Å²) in [6, 6.07) is 6.86. The summed E-state index contributed by atoms with van der Waals surface area (Å²) in [4.78, 5) is 0.343. The summed E-state index contributed by atoms with van der Waals surface area (Å²) in [7, 11) is -3.11. The second-order valence-corrected chi connectivity index (χ2v) is 6.54.